The van der Waals surface area contributed by atoms with Gasteiger partial charge in [-0.15, -0.1) is 0 Å². The summed E-state index contributed by atoms with van der Waals surface area (Å²) in [5, 5.41) is 0. The summed E-state index contributed by atoms with van der Waals surface area (Å²) in [6, 6.07) is 6.18. The fourth-order valence-electron chi connectivity index (χ4n) is 0.705. The third-order valence-electron chi connectivity index (χ3n) is 1.09. The van der Waals surface area contributed by atoms with Crippen molar-refractivity contribution in [1.29, 1.82) is 0 Å². The first-order chi connectivity index (χ1) is 4.83. The summed E-state index contributed by atoms with van der Waals surface area (Å²) in [5.74, 6) is -0.247. The van der Waals surface area contributed by atoms with Crippen molar-refractivity contribution in [3.63, 3.8) is 0 Å². The smallest absolute Gasteiger partial charge is 0.125 e. The van der Waals surface area contributed by atoms with Crippen LogP contribution in [0.25, 0.3) is 0 Å². The maximum Gasteiger partial charge on any atom is 0.125 e. The molecule has 0 aromatic heterocycles. The van der Waals surface area contributed by atoms with E-state index in [1.54, 1.807) is 25.3 Å². The maximum absolute atomic E-state index is 12.4. The van der Waals surface area contributed by atoms with Gasteiger partial charge in [-0.05, 0) is 25.1 Å². The van der Waals surface area contributed by atoms with Crippen LogP contribution in [0.5, 0.6) is 0 Å². The Bertz CT molecular complexity index is 243. The molecule has 0 amide bonds. The third kappa shape index (κ3) is 1.65. The van der Waals surface area contributed by atoms with E-state index in [4.69, 9.17) is 0 Å². The first-order valence-electron chi connectivity index (χ1n) is 3.07. The Labute approximate surface area is 59.2 Å². The van der Waals surface area contributed by atoms with Crippen molar-refractivity contribution in [3.8, 4) is 0 Å². The van der Waals surface area contributed by atoms with Gasteiger partial charge in [-0.25, -0.2) is 4.39 Å². The maximum atomic E-state index is 12.4. The molecule has 0 unspecified atom stereocenters. The molecule has 0 atom stereocenters. The summed E-state index contributed by atoms with van der Waals surface area (Å²) in [6.45, 7) is 1.80. The lowest BCUT2D eigenvalue weighted by atomic mass is 10.3. The van der Waals surface area contributed by atoms with Crippen molar-refractivity contribution in [1.82, 2.24) is 0 Å². The Morgan fingerprint density at radius 1 is 1.50 bits per heavy atom. The van der Waals surface area contributed by atoms with Crippen LogP contribution in [0.15, 0.2) is 29.3 Å². The van der Waals surface area contributed by atoms with Gasteiger partial charge in [-0.3, -0.25) is 4.99 Å². The van der Waals surface area contributed by atoms with Crippen LogP contribution in [0.4, 0.5) is 10.1 Å². The normalized spacial score (nSPS) is 10.6. The molecule has 0 aliphatic carbocycles. The van der Waals surface area contributed by atoms with E-state index < -0.39 is 0 Å². The molecule has 0 heterocycles. The highest BCUT2D eigenvalue weighted by molar-refractivity contribution is 5.60. The molecule has 1 aromatic rings. The fourth-order valence-corrected chi connectivity index (χ4v) is 0.705. The highest BCUT2D eigenvalue weighted by Gasteiger charge is 1.88. The Morgan fingerprint density at radius 2 is 2.30 bits per heavy atom. The minimum Gasteiger partial charge on any atom is -0.261 e. The van der Waals surface area contributed by atoms with Gasteiger partial charge in [0.05, 0.1) is 5.69 Å². The van der Waals surface area contributed by atoms with Crippen LogP contribution in [-0.4, -0.2) is 6.21 Å². The molecule has 0 aliphatic rings. The molecule has 1 aromatic carbocycles. The van der Waals surface area contributed by atoms with Crippen molar-refractivity contribution in [2.24, 2.45) is 4.99 Å². The topological polar surface area (TPSA) is 12.4 Å². The van der Waals surface area contributed by atoms with Crippen molar-refractivity contribution >= 4 is 11.9 Å². The average molecular weight is 137 g/mol. The van der Waals surface area contributed by atoms with E-state index in [1.165, 1.54) is 12.1 Å². The first kappa shape index (κ1) is 6.93. The van der Waals surface area contributed by atoms with E-state index in [1.807, 2.05) is 0 Å². The summed E-state index contributed by atoms with van der Waals surface area (Å²) in [4.78, 5) is 3.90. The number of rotatable bonds is 1. The average Bonchev–Trinajstić information content (AvgIpc) is 1.88. The van der Waals surface area contributed by atoms with Crippen LogP contribution in [0.3, 0.4) is 0 Å². The number of nitrogens with zero attached hydrogens (tertiary/aromatic N) is 1. The van der Waals surface area contributed by atoms with Gasteiger partial charge in [-0.1, -0.05) is 6.07 Å². The van der Waals surface area contributed by atoms with Crippen LogP contribution >= 0.6 is 0 Å². The number of hydrogen-bond acceptors (Lipinski definition) is 1. The van der Waals surface area contributed by atoms with Crippen molar-refractivity contribution in [3.05, 3.63) is 30.1 Å². The van der Waals surface area contributed by atoms with Gasteiger partial charge in [0.25, 0.3) is 0 Å². The molecular weight excluding hydrogens is 129 g/mol. The zero-order valence-electron chi connectivity index (χ0n) is 5.71. The lowest BCUT2D eigenvalue weighted by Gasteiger charge is -1.90. The summed E-state index contributed by atoms with van der Waals surface area (Å²) in [5.41, 5.74) is 0.655. The molecule has 0 radical (unpaired) electrons. The number of halogens is 1. The van der Waals surface area contributed by atoms with Crippen LogP contribution in [0.1, 0.15) is 6.92 Å². The molecule has 0 bridgehead atoms. The van der Waals surface area contributed by atoms with E-state index in [9.17, 15) is 4.39 Å². The number of aliphatic imine (C=N–C) groups is 1. The standard InChI is InChI=1S/C8H8FN/c1-2-10-8-5-3-4-7(9)6-8/h2-6H,1H3. The van der Waals surface area contributed by atoms with Crippen molar-refractivity contribution < 1.29 is 4.39 Å². The van der Waals surface area contributed by atoms with Crippen LogP contribution < -0.4 is 0 Å². The van der Waals surface area contributed by atoms with Crippen molar-refractivity contribution in [2.45, 2.75) is 6.92 Å². The van der Waals surface area contributed by atoms with Gasteiger partial charge in [0, 0.05) is 6.21 Å². The minimum atomic E-state index is -0.247. The van der Waals surface area contributed by atoms with Gasteiger partial charge in [-0.2, -0.15) is 0 Å². The Hall–Kier alpha value is -1.18. The molecule has 52 valence electrons. The van der Waals surface area contributed by atoms with Gasteiger partial charge in [0.2, 0.25) is 0 Å². The van der Waals surface area contributed by atoms with E-state index in [0.717, 1.165) is 0 Å². The summed E-state index contributed by atoms with van der Waals surface area (Å²) < 4.78 is 12.4. The number of benzene rings is 1. The summed E-state index contributed by atoms with van der Waals surface area (Å²) in [7, 11) is 0. The minimum absolute atomic E-state index is 0.247. The molecule has 0 N–H and O–H groups in total. The second kappa shape index (κ2) is 3.11. The molecule has 10 heavy (non-hydrogen) atoms. The first-order valence-corrected chi connectivity index (χ1v) is 3.07. The van der Waals surface area contributed by atoms with Crippen LogP contribution in [0.2, 0.25) is 0 Å². The quantitative estimate of drug-likeness (QED) is 0.527. The molecule has 2 heteroatoms. The predicted octanol–water partition coefficient (Wildman–Crippen LogP) is 2.55. The Balaban J connectivity index is 2.95. The van der Waals surface area contributed by atoms with Gasteiger partial charge >= 0.3 is 0 Å². The third-order valence-corrected chi connectivity index (χ3v) is 1.09. The molecule has 1 rings (SSSR count). The molecule has 1 nitrogen and oxygen atoms in total. The van der Waals surface area contributed by atoms with Gasteiger partial charge < -0.3 is 0 Å². The molecule has 0 aliphatic heterocycles. The van der Waals surface area contributed by atoms with Crippen molar-refractivity contribution in [2.75, 3.05) is 0 Å². The lowest BCUT2D eigenvalue weighted by molar-refractivity contribution is 0.628. The summed E-state index contributed by atoms with van der Waals surface area (Å²) in [6.07, 6.45) is 1.63. The highest BCUT2D eigenvalue weighted by atomic mass is 19.1. The fraction of sp³-hybridized carbons (Fsp3) is 0.125. The largest absolute Gasteiger partial charge is 0.261 e. The zero-order valence-corrected chi connectivity index (χ0v) is 5.71. The molecule has 0 fully saturated rings. The van der Waals surface area contributed by atoms with Crippen LogP contribution in [0, 0.1) is 5.82 Å². The van der Waals surface area contributed by atoms with E-state index in [-0.39, 0.29) is 5.82 Å². The van der Waals surface area contributed by atoms with Gasteiger partial charge in [0.15, 0.2) is 0 Å². The molecule has 0 spiro atoms. The molecule has 0 saturated heterocycles. The van der Waals surface area contributed by atoms with Crippen LogP contribution in [-0.2, 0) is 0 Å². The molecule has 0 saturated carbocycles. The Morgan fingerprint density at radius 3 is 2.90 bits per heavy atom. The SMILES string of the molecule is CC=Nc1cccc(F)c1. The second-order valence-corrected chi connectivity index (χ2v) is 1.87. The van der Waals surface area contributed by atoms with E-state index in [2.05, 4.69) is 4.99 Å². The van der Waals surface area contributed by atoms with Gasteiger partial charge in [0.1, 0.15) is 5.82 Å². The Kier molecular flexibility index (Phi) is 2.15. The lowest BCUT2D eigenvalue weighted by Crippen LogP contribution is -1.70. The molecular formula is C8H8FN. The monoisotopic (exact) mass is 137 g/mol. The number of hydrogen-bond donors (Lipinski definition) is 0. The summed E-state index contributed by atoms with van der Waals surface area (Å²) >= 11 is 0. The highest BCUT2D eigenvalue weighted by Crippen LogP contribution is 2.11. The zero-order chi connectivity index (χ0) is 7.40. The second-order valence-electron chi connectivity index (χ2n) is 1.87. The predicted molar refractivity (Wildman–Crippen MR) is 40.2 cm³/mol. The van der Waals surface area contributed by atoms with E-state index in [0.29, 0.717) is 5.69 Å². The van der Waals surface area contributed by atoms with E-state index >= 15 is 0 Å².